The van der Waals surface area contributed by atoms with Crippen molar-refractivity contribution in [1.82, 2.24) is 0 Å². The van der Waals surface area contributed by atoms with Crippen molar-refractivity contribution < 1.29 is 9.21 Å². The number of para-hydroxylation sites is 1. The molecule has 0 fully saturated rings. The minimum atomic E-state index is -0.0650. The van der Waals surface area contributed by atoms with Crippen LogP contribution in [-0.4, -0.2) is 5.78 Å². The van der Waals surface area contributed by atoms with Crippen LogP contribution in [0.1, 0.15) is 28.6 Å². The first-order chi connectivity index (χ1) is 10.1. The van der Waals surface area contributed by atoms with E-state index in [2.05, 4.69) is 15.9 Å². The number of rotatable bonds is 3. The third kappa shape index (κ3) is 2.47. The number of anilines is 1. The number of ketones is 1. The van der Waals surface area contributed by atoms with Crippen LogP contribution < -0.4 is 5.73 Å². The lowest BCUT2D eigenvalue weighted by Crippen LogP contribution is -2.04. The zero-order valence-electron chi connectivity index (χ0n) is 11.5. The maximum atomic E-state index is 12.9. The molecule has 0 atom stereocenters. The molecule has 1 heterocycles. The predicted octanol–water partition coefficient (Wildman–Crippen LogP) is 4.57. The second kappa shape index (κ2) is 5.37. The third-order valence-electron chi connectivity index (χ3n) is 3.40. The van der Waals surface area contributed by atoms with Crippen LogP contribution in [0.25, 0.3) is 11.0 Å². The molecule has 0 amide bonds. The molecule has 3 rings (SSSR count). The highest BCUT2D eigenvalue weighted by molar-refractivity contribution is 9.10. The monoisotopic (exact) mass is 343 g/mol. The highest BCUT2D eigenvalue weighted by Crippen LogP contribution is 2.29. The van der Waals surface area contributed by atoms with Gasteiger partial charge in [-0.3, -0.25) is 4.79 Å². The summed E-state index contributed by atoms with van der Waals surface area (Å²) in [6.45, 7) is 1.98. The fourth-order valence-corrected chi connectivity index (χ4v) is 2.99. The summed E-state index contributed by atoms with van der Waals surface area (Å²) in [6, 6.07) is 12.8. The van der Waals surface area contributed by atoms with Gasteiger partial charge in [-0.15, -0.1) is 0 Å². The number of furan rings is 1. The Labute approximate surface area is 130 Å². The third-order valence-corrected chi connectivity index (χ3v) is 3.86. The van der Waals surface area contributed by atoms with E-state index >= 15 is 0 Å². The van der Waals surface area contributed by atoms with Gasteiger partial charge in [-0.1, -0.05) is 41.1 Å². The molecule has 0 saturated carbocycles. The molecule has 0 unspecified atom stereocenters. The fourth-order valence-electron chi connectivity index (χ4n) is 2.48. The molecule has 0 spiro atoms. The molecule has 0 aliphatic carbocycles. The van der Waals surface area contributed by atoms with Crippen LogP contribution in [0.4, 0.5) is 5.69 Å². The van der Waals surface area contributed by atoms with Crippen LogP contribution in [0.2, 0.25) is 0 Å². The number of halogens is 1. The minimum absolute atomic E-state index is 0.0650. The van der Waals surface area contributed by atoms with E-state index in [1.807, 2.05) is 31.2 Å². The van der Waals surface area contributed by atoms with Gasteiger partial charge in [-0.2, -0.15) is 0 Å². The molecule has 21 heavy (non-hydrogen) atoms. The van der Waals surface area contributed by atoms with Gasteiger partial charge < -0.3 is 10.2 Å². The number of aryl methyl sites for hydroxylation is 1. The van der Waals surface area contributed by atoms with Crippen molar-refractivity contribution in [3.05, 3.63) is 63.8 Å². The van der Waals surface area contributed by atoms with Gasteiger partial charge in [-0.25, -0.2) is 0 Å². The summed E-state index contributed by atoms with van der Waals surface area (Å²) in [5.41, 5.74) is 8.31. The molecular weight excluding hydrogens is 330 g/mol. The summed E-state index contributed by atoms with van der Waals surface area (Å²) < 4.78 is 6.58. The van der Waals surface area contributed by atoms with E-state index in [-0.39, 0.29) is 5.78 Å². The van der Waals surface area contributed by atoms with Crippen LogP contribution in [-0.2, 0) is 6.42 Å². The number of fused-ring (bicyclic) bond motifs is 1. The minimum Gasteiger partial charge on any atom is -0.460 e. The number of carbonyl (C=O) groups excluding carboxylic acids is 1. The van der Waals surface area contributed by atoms with Crippen LogP contribution in [0.5, 0.6) is 0 Å². The van der Waals surface area contributed by atoms with Gasteiger partial charge in [0.05, 0.1) is 5.56 Å². The van der Waals surface area contributed by atoms with Gasteiger partial charge in [-0.05, 0) is 24.3 Å². The molecule has 106 valence electrons. The van der Waals surface area contributed by atoms with E-state index < -0.39 is 0 Å². The lowest BCUT2D eigenvalue weighted by molar-refractivity contribution is 0.103. The smallest absolute Gasteiger partial charge is 0.197 e. The normalized spacial score (nSPS) is 11.0. The van der Waals surface area contributed by atoms with Crippen LogP contribution in [0, 0.1) is 0 Å². The van der Waals surface area contributed by atoms with Crippen molar-refractivity contribution >= 4 is 38.4 Å². The maximum absolute atomic E-state index is 12.9. The summed E-state index contributed by atoms with van der Waals surface area (Å²) >= 11 is 3.37. The first-order valence-electron chi connectivity index (χ1n) is 6.71. The van der Waals surface area contributed by atoms with Crippen molar-refractivity contribution in [2.24, 2.45) is 0 Å². The molecule has 2 N–H and O–H groups in total. The molecule has 0 aliphatic rings. The average molecular weight is 344 g/mol. The van der Waals surface area contributed by atoms with Gasteiger partial charge in [0.1, 0.15) is 11.3 Å². The Morgan fingerprint density at radius 2 is 2.00 bits per heavy atom. The van der Waals surface area contributed by atoms with Crippen molar-refractivity contribution in [3.63, 3.8) is 0 Å². The average Bonchev–Trinajstić information content (AvgIpc) is 2.83. The highest BCUT2D eigenvalue weighted by Gasteiger charge is 2.21. The molecule has 0 saturated heterocycles. The summed E-state index contributed by atoms with van der Waals surface area (Å²) in [4.78, 5) is 12.9. The fraction of sp³-hybridized carbons (Fsp3) is 0.118. The number of hydrogen-bond donors (Lipinski definition) is 1. The van der Waals surface area contributed by atoms with Gasteiger partial charge in [0, 0.05) is 27.5 Å². The van der Waals surface area contributed by atoms with Gasteiger partial charge in [0.25, 0.3) is 0 Å². The standard InChI is InChI=1S/C17H14BrNO2/c1-2-14-16(13-5-3-4-6-15(13)21-14)17(20)10-7-11(18)9-12(19)8-10/h3-9H,2,19H2,1H3. The van der Waals surface area contributed by atoms with Gasteiger partial charge >= 0.3 is 0 Å². The Morgan fingerprint density at radius 3 is 2.71 bits per heavy atom. The Kier molecular flexibility index (Phi) is 3.55. The van der Waals surface area contributed by atoms with Crippen LogP contribution in [0.3, 0.4) is 0 Å². The SMILES string of the molecule is CCc1oc2ccccc2c1C(=O)c1cc(N)cc(Br)c1. The molecule has 1 aromatic heterocycles. The predicted molar refractivity (Wildman–Crippen MR) is 87.6 cm³/mol. The van der Waals surface area contributed by atoms with Crippen LogP contribution >= 0.6 is 15.9 Å². The van der Waals surface area contributed by atoms with Crippen molar-refractivity contribution in [1.29, 1.82) is 0 Å². The molecular formula is C17H14BrNO2. The van der Waals surface area contributed by atoms with E-state index in [9.17, 15) is 4.79 Å². The van der Waals surface area contributed by atoms with Crippen molar-refractivity contribution in [3.8, 4) is 0 Å². The first kappa shape index (κ1) is 13.9. The number of nitrogen functional groups attached to an aromatic ring is 1. The highest BCUT2D eigenvalue weighted by atomic mass is 79.9. The number of benzene rings is 2. The van der Waals surface area contributed by atoms with Crippen LogP contribution in [0.15, 0.2) is 51.4 Å². The molecule has 0 radical (unpaired) electrons. The first-order valence-corrected chi connectivity index (χ1v) is 7.50. The van der Waals surface area contributed by atoms with Crippen molar-refractivity contribution in [2.75, 3.05) is 5.73 Å². The quantitative estimate of drug-likeness (QED) is 0.559. The lowest BCUT2D eigenvalue weighted by atomic mass is 9.99. The number of hydrogen-bond acceptors (Lipinski definition) is 3. The maximum Gasteiger partial charge on any atom is 0.197 e. The molecule has 3 nitrogen and oxygen atoms in total. The summed E-state index contributed by atoms with van der Waals surface area (Å²) in [6.07, 6.45) is 0.666. The van der Waals surface area contributed by atoms with E-state index in [0.717, 1.165) is 15.4 Å². The zero-order chi connectivity index (χ0) is 15.0. The Balaban J connectivity index is 2.21. The molecule has 3 aromatic rings. The largest absolute Gasteiger partial charge is 0.460 e. The molecule has 4 heteroatoms. The Bertz CT molecular complexity index is 816. The van der Waals surface area contributed by atoms with Crippen molar-refractivity contribution in [2.45, 2.75) is 13.3 Å². The second-order valence-corrected chi connectivity index (χ2v) is 5.77. The molecule has 2 aromatic carbocycles. The molecule has 0 aliphatic heterocycles. The van der Waals surface area contributed by atoms with E-state index in [1.165, 1.54) is 0 Å². The van der Waals surface area contributed by atoms with E-state index in [0.29, 0.717) is 29.0 Å². The number of nitrogens with two attached hydrogens (primary N) is 1. The van der Waals surface area contributed by atoms with Gasteiger partial charge in [0.15, 0.2) is 5.78 Å². The second-order valence-electron chi connectivity index (χ2n) is 4.85. The zero-order valence-corrected chi connectivity index (χ0v) is 13.1. The van der Waals surface area contributed by atoms with E-state index in [1.54, 1.807) is 18.2 Å². The Morgan fingerprint density at radius 1 is 1.24 bits per heavy atom. The topological polar surface area (TPSA) is 56.2 Å². The summed E-state index contributed by atoms with van der Waals surface area (Å²) in [7, 11) is 0. The molecule has 0 bridgehead atoms. The number of carbonyl (C=O) groups is 1. The lowest BCUT2D eigenvalue weighted by Gasteiger charge is -2.04. The summed E-state index contributed by atoms with van der Waals surface area (Å²) in [5, 5.41) is 0.845. The Hall–Kier alpha value is -2.07. The van der Waals surface area contributed by atoms with Gasteiger partial charge in [0.2, 0.25) is 0 Å². The van der Waals surface area contributed by atoms with E-state index in [4.69, 9.17) is 10.2 Å². The summed E-state index contributed by atoms with van der Waals surface area (Å²) in [5.74, 6) is 0.643.